The standard InChI is InChI=1S/C27H26FN3O4/c1-4-11-31-26(32)20-12-16(7-10-22(20)34-3)18-13-19-23(14-21(18)29)35-25(24(19)27(33)30-2)15-5-8-17(28)9-6-15/h5-10,12-14H,4,11,29H2,1-3H3,(H,30,33)(H,31,32). The first kappa shape index (κ1) is 23.8. The van der Waals surface area contributed by atoms with Gasteiger partial charge in [0.1, 0.15) is 22.9 Å². The number of carbonyl (C=O) groups excluding carboxylic acids is 2. The monoisotopic (exact) mass is 475 g/mol. The summed E-state index contributed by atoms with van der Waals surface area (Å²) in [6, 6.07) is 14.3. The second-order valence-corrected chi connectivity index (χ2v) is 8.00. The van der Waals surface area contributed by atoms with Gasteiger partial charge in [0.05, 0.1) is 18.2 Å². The van der Waals surface area contributed by atoms with Gasteiger partial charge < -0.3 is 25.5 Å². The summed E-state index contributed by atoms with van der Waals surface area (Å²) in [4.78, 5) is 25.6. The summed E-state index contributed by atoms with van der Waals surface area (Å²) in [5.74, 6) is -0.247. The lowest BCUT2D eigenvalue weighted by Gasteiger charge is -2.12. The number of amides is 2. The molecule has 4 N–H and O–H groups in total. The number of fused-ring (bicyclic) bond motifs is 1. The van der Waals surface area contributed by atoms with Crippen molar-refractivity contribution in [2.75, 3.05) is 26.4 Å². The van der Waals surface area contributed by atoms with Crippen molar-refractivity contribution in [1.82, 2.24) is 10.6 Å². The van der Waals surface area contributed by atoms with E-state index in [0.29, 0.717) is 62.5 Å². The van der Waals surface area contributed by atoms with Crippen LogP contribution in [0, 0.1) is 5.82 Å². The highest BCUT2D eigenvalue weighted by molar-refractivity contribution is 6.12. The van der Waals surface area contributed by atoms with Crippen LogP contribution in [-0.4, -0.2) is 32.5 Å². The summed E-state index contributed by atoms with van der Waals surface area (Å²) in [6.07, 6.45) is 0.802. The predicted molar refractivity (Wildman–Crippen MR) is 134 cm³/mol. The smallest absolute Gasteiger partial charge is 0.255 e. The number of carbonyl (C=O) groups is 2. The van der Waals surface area contributed by atoms with Gasteiger partial charge in [0.2, 0.25) is 0 Å². The Morgan fingerprint density at radius 1 is 1.03 bits per heavy atom. The maximum atomic E-state index is 13.5. The quantitative estimate of drug-likeness (QED) is 0.326. The molecule has 4 aromatic rings. The Morgan fingerprint density at radius 2 is 1.74 bits per heavy atom. The van der Waals surface area contributed by atoms with E-state index in [-0.39, 0.29) is 11.8 Å². The van der Waals surface area contributed by atoms with Gasteiger partial charge in [0.25, 0.3) is 11.8 Å². The molecule has 3 aromatic carbocycles. The molecule has 0 saturated heterocycles. The molecular weight excluding hydrogens is 449 g/mol. The van der Waals surface area contributed by atoms with E-state index in [1.54, 1.807) is 42.5 Å². The van der Waals surface area contributed by atoms with E-state index in [0.717, 1.165) is 6.42 Å². The molecular formula is C27H26FN3O4. The average Bonchev–Trinajstić information content (AvgIpc) is 3.24. The van der Waals surface area contributed by atoms with Gasteiger partial charge in [-0.15, -0.1) is 0 Å². The first-order valence-corrected chi connectivity index (χ1v) is 11.2. The van der Waals surface area contributed by atoms with Gasteiger partial charge in [-0.25, -0.2) is 4.39 Å². The Labute approximate surface area is 202 Å². The number of nitrogens with two attached hydrogens (primary N) is 1. The third-order valence-electron chi connectivity index (χ3n) is 5.71. The van der Waals surface area contributed by atoms with Crippen molar-refractivity contribution in [2.45, 2.75) is 13.3 Å². The molecule has 0 bridgehead atoms. The Balaban J connectivity index is 1.90. The summed E-state index contributed by atoms with van der Waals surface area (Å²) in [5, 5.41) is 6.04. The van der Waals surface area contributed by atoms with E-state index in [1.807, 2.05) is 6.92 Å². The second kappa shape index (κ2) is 9.89. The van der Waals surface area contributed by atoms with Gasteiger partial charge in [-0.2, -0.15) is 0 Å². The fraction of sp³-hybridized carbons (Fsp3) is 0.185. The van der Waals surface area contributed by atoms with E-state index in [2.05, 4.69) is 10.6 Å². The average molecular weight is 476 g/mol. The number of nitrogens with one attached hydrogen (secondary N) is 2. The second-order valence-electron chi connectivity index (χ2n) is 8.00. The first-order chi connectivity index (χ1) is 16.9. The molecule has 0 saturated carbocycles. The summed E-state index contributed by atoms with van der Waals surface area (Å²) >= 11 is 0. The van der Waals surface area contributed by atoms with Crippen LogP contribution in [0.3, 0.4) is 0 Å². The normalized spacial score (nSPS) is 10.9. The molecule has 0 aliphatic rings. The Bertz CT molecular complexity index is 1410. The lowest BCUT2D eigenvalue weighted by molar-refractivity contribution is 0.0947. The number of hydrogen-bond acceptors (Lipinski definition) is 5. The minimum atomic E-state index is -0.392. The van der Waals surface area contributed by atoms with Gasteiger partial charge in [0.15, 0.2) is 0 Å². The van der Waals surface area contributed by atoms with Crippen LogP contribution in [0.15, 0.2) is 59.0 Å². The number of nitrogen functional groups attached to an aromatic ring is 1. The van der Waals surface area contributed by atoms with Crippen molar-refractivity contribution in [2.24, 2.45) is 0 Å². The van der Waals surface area contributed by atoms with E-state index in [9.17, 15) is 14.0 Å². The van der Waals surface area contributed by atoms with Gasteiger partial charge >= 0.3 is 0 Å². The third-order valence-corrected chi connectivity index (χ3v) is 5.71. The lowest BCUT2D eigenvalue weighted by atomic mass is 9.97. The maximum Gasteiger partial charge on any atom is 0.255 e. The van der Waals surface area contributed by atoms with Gasteiger partial charge in [-0.1, -0.05) is 13.0 Å². The van der Waals surface area contributed by atoms with Gasteiger partial charge in [-0.05, 0) is 54.4 Å². The SMILES string of the molecule is CCCNC(=O)c1cc(-c2cc3c(C(=O)NC)c(-c4ccc(F)cc4)oc3cc2N)ccc1OC. The molecule has 0 spiro atoms. The van der Waals surface area contributed by atoms with Crippen molar-refractivity contribution in [3.05, 3.63) is 71.5 Å². The minimum Gasteiger partial charge on any atom is -0.496 e. The molecule has 35 heavy (non-hydrogen) atoms. The molecule has 0 fully saturated rings. The van der Waals surface area contributed by atoms with Gasteiger partial charge in [-0.3, -0.25) is 9.59 Å². The van der Waals surface area contributed by atoms with E-state index in [1.165, 1.54) is 26.3 Å². The highest BCUT2D eigenvalue weighted by Gasteiger charge is 2.23. The zero-order chi connectivity index (χ0) is 25.1. The predicted octanol–water partition coefficient (Wildman–Crippen LogP) is 5.00. The highest BCUT2D eigenvalue weighted by atomic mass is 19.1. The van der Waals surface area contributed by atoms with E-state index >= 15 is 0 Å². The van der Waals surface area contributed by atoms with Crippen molar-refractivity contribution >= 4 is 28.5 Å². The molecule has 8 heteroatoms. The summed E-state index contributed by atoms with van der Waals surface area (Å²) < 4.78 is 24.9. The molecule has 7 nitrogen and oxygen atoms in total. The Kier molecular flexibility index (Phi) is 6.73. The zero-order valence-corrected chi connectivity index (χ0v) is 19.7. The zero-order valence-electron chi connectivity index (χ0n) is 19.7. The molecule has 4 rings (SSSR count). The first-order valence-electron chi connectivity index (χ1n) is 11.2. The Hall–Kier alpha value is -4.33. The number of benzene rings is 3. The summed E-state index contributed by atoms with van der Waals surface area (Å²) in [7, 11) is 3.03. The number of hydrogen-bond donors (Lipinski definition) is 3. The van der Waals surface area contributed by atoms with E-state index in [4.69, 9.17) is 14.9 Å². The maximum absolute atomic E-state index is 13.5. The van der Waals surface area contributed by atoms with Crippen molar-refractivity contribution in [3.63, 3.8) is 0 Å². The molecule has 2 amide bonds. The van der Waals surface area contributed by atoms with Crippen LogP contribution in [0.4, 0.5) is 10.1 Å². The van der Waals surface area contributed by atoms with Crippen molar-refractivity contribution in [1.29, 1.82) is 0 Å². The fourth-order valence-corrected chi connectivity index (χ4v) is 3.95. The molecule has 0 aliphatic carbocycles. The van der Waals surface area contributed by atoms with Crippen LogP contribution in [0.2, 0.25) is 0 Å². The molecule has 1 heterocycles. The van der Waals surface area contributed by atoms with Crippen LogP contribution < -0.4 is 21.1 Å². The number of furan rings is 1. The van der Waals surface area contributed by atoms with Crippen LogP contribution >= 0.6 is 0 Å². The van der Waals surface area contributed by atoms with Crippen molar-refractivity contribution < 1.29 is 23.1 Å². The number of halogens is 1. The molecule has 0 atom stereocenters. The van der Waals surface area contributed by atoms with Crippen molar-refractivity contribution in [3.8, 4) is 28.2 Å². The van der Waals surface area contributed by atoms with Crippen LogP contribution in [0.1, 0.15) is 34.1 Å². The Morgan fingerprint density at radius 3 is 2.40 bits per heavy atom. The third kappa shape index (κ3) is 4.55. The topological polar surface area (TPSA) is 107 Å². The van der Waals surface area contributed by atoms with E-state index < -0.39 is 5.82 Å². The molecule has 1 aromatic heterocycles. The van der Waals surface area contributed by atoms with Crippen LogP contribution in [-0.2, 0) is 0 Å². The number of rotatable bonds is 7. The molecule has 180 valence electrons. The number of ether oxygens (including phenoxy) is 1. The fourth-order valence-electron chi connectivity index (χ4n) is 3.95. The van der Waals surface area contributed by atoms with Gasteiger partial charge in [0, 0.05) is 41.9 Å². The highest BCUT2D eigenvalue weighted by Crippen LogP contribution is 2.39. The number of anilines is 1. The summed E-state index contributed by atoms with van der Waals surface area (Å²) in [5.41, 5.74) is 9.75. The summed E-state index contributed by atoms with van der Waals surface area (Å²) in [6.45, 7) is 2.51. The lowest BCUT2D eigenvalue weighted by Crippen LogP contribution is -2.24. The molecule has 0 unspecified atom stereocenters. The molecule has 0 radical (unpaired) electrons. The largest absolute Gasteiger partial charge is 0.496 e. The number of methoxy groups -OCH3 is 1. The van der Waals surface area contributed by atoms with Crippen LogP contribution in [0.25, 0.3) is 33.4 Å². The van der Waals surface area contributed by atoms with Crippen LogP contribution in [0.5, 0.6) is 5.75 Å². The molecule has 0 aliphatic heterocycles. The minimum absolute atomic E-state index is 0.252.